The van der Waals surface area contributed by atoms with E-state index in [9.17, 15) is 8.42 Å². The quantitative estimate of drug-likeness (QED) is 0.790. The summed E-state index contributed by atoms with van der Waals surface area (Å²) < 4.78 is 28.5. The van der Waals surface area contributed by atoms with E-state index in [2.05, 4.69) is 5.10 Å². The van der Waals surface area contributed by atoms with Crippen LogP contribution in [0.3, 0.4) is 0 Å². The van der Waals surface area contributed by atoms with Crippen LogP contribution in [0, 0.1) is 6.92 Å². The van der Waals surface area contributed by atoms with Gasteiger partial charge in [-0.2, -0.15) is 13.5 Å². The van der Waals surface area contributed by atoms with Gasteiger partial charge in [-0.1, -0.05) is 18.2 Å². The largest absolute Gasteiger partial charge is 0.264 e. The summed E-state index contributed by atoms with van der Waals surface area (Å²) in [5.41, 5.74) is 2.38. The van der Waals surface area contributed by atoms with Crippen LogP contribution in [-0.4, -0.2) is 24.5 Å². The van der Waals surface area contributed by atoms with Crippen LogP contribution in [0.4, 0.5) is 0 Å². The number of hydrogen-bond donors (Lipinski definition) is 0. The topological polar surface area (TPSA) is 61.2 Å². The van der Waals surface area contributed by atoms with Crippen LogP contribution in [0.25, 0.3) is 5.69 Å². The van der Waals surface area contributed by atoms with E-state index in [1.807, 2.05) is 37.3 Å². The molecule has 0 saturated carbocycles. The summed E-state index contributed by atoms with van der Waals surface area (Å²) in [5, 5.41) is 4.32. The number of nitrogens with zero attached hydrogens (tertiary/aromatic N) is 2. The Hall–Kier alpha value is -1.66. The van der Waals surface area contributed by atoms with Crippen molar-refractivity contribution in [2.45, 2.75) is 13.5 Å². The molecule has 1 aromatic heterocycles. The molecule has 0 spiro atoms. The summed E-state index contributed by atoms with van der Waals surface area (Å²) in [6, 6.07) is 11.3. The summed E-state index contributed by atoms with van der Waals surface area (Å²) in [6.45, 7) is 1.83. The van der Waals surface area contributed by atoms with Gasteiger partial charge < -0.3 is 0 Å². The molecule has 0 unspecified atom stereocenters. The molecule has 2 rings (SSSR count). The monoisotopic (exact) mass is 266 g/mol. The average Bonchev–Trinajstić information content (AvgIpc) is 2.68. The van der Waals surface area contributed by atoms with Gasteiger partial charge in [0.2, 0.25) is 0 Å². The van der Waals surface area contributed by atoms with Gasteiger partial charge in [-0.05, 0) is 25.1 Å². The Balaban J connectivity index is 2.32. The second kappa shape index (κ2) is 4.91. The van der Waals surface area contributed by atoms with E-state index in [1.54, 1.807) is 10.7 Å². The smallest absolute Gasteiger partial charge is 0.264 e. The van der Waals surface area contributed by atoms with Gasteiger partial charge in [-0.15, -0.1) is 0 Å². The zero-order valence-electron chi connectivity index (χ0n) is 10.2. The summed E-state index contributed by atoms with van der Waals surface area (Å²) in [5.74, 6) is 0. The van der Waals surface area contributed by atoms with Crippen molar-refractivity contribution in [3.8, 4) is 5.69 Å². The van der Waals surface area contributed by atoms with Crippen LogP contribution in [-0.2, 0) is 20.9 Å². The standard InChI is InChI=1S/C12H14N2O3S/c1-10-8-12(9-17-18(2,15)16)14(13-10)11-6-4-3-5-7-11/h3-8H,9H2,1-2H3. The highest BCUT2D eigenvalue weighted by Gasteiger charge is 2.10. The molecule has 0 aliphatic heterocycles. The molecule has 1 aromatic carbocycles. The minimum absolute atomic E-state index is 0.0193. The minimum atomic E-state index is -3.45. The Morgan fingerprint density at radius 3 is 2.56 bits per heavy atom. The fourth-order valence-electron chi connectivity index (χ4n) is 1.62. The Morgan fingerprint density at radius 2 is 1.94 bits per heavy atom. The highest BCUT2D eigenvalue weighted by atomic mass is 32.2. The van der Waals surface area contributed by atoms with Gasteiger partial charge >= 0.3 is 0 Å². The Morgan fingerprint density at radius 1 is 1.28 bits per heavy atom. The fraction of sp³-hybridized carbons (Fsp3) is 0.250. The minimum Gasteiger partial charge on any atom is -0.264 e. The van der Waals surface area contributed by atoms with Gasteiger partial charge in [0.25, 0.3) is 10.1 Å². The van der Waals surface area contributed by atoms with Crippen molar-refractivity contribution < 1.29 is 12.6 Å². The van der Waals surface area contributed by atoms with Gasteiger partial charge in [-0.3, -0.25) is 4.18 Å². The predicted molar refractivity (Wildman–Crippen MR) is 67.9 cm³/mol. The molecular weight excluding hydrogens is 252 g/mol. The summed E-state index contributed by atoms with van der Waals surface area (Å²) in [4.78, 5) is 0. The van der Waals surface area contributed by atoms with Gasteiger partial charge in [-0.25, -0.2) is 4.68 Å². The molecule has 0 amide bonds. The van der Waals surface area contributed by atoms with E-state index in [0.29, 0.717) is 5.69 Å². The average molecular weight is 266 g/mol. The molecule has 0 radical (unpaired) electrons. The molecule has 0 N–H and O–H groups in total. The first-order valence-electron chi connectivity index (χ1n) is 5.41. The van der Waals surface area contributed by atoms with Crippen molar-refractivity contribution in [3.63, 3.8) is 0 Å². The number of hydrogen-bond acceptors (Lipinski definition) is 4. The number of rotatable bonds is 4. The van der Waals surface area contributed by atoms with Gasteiger partial charge in [0.05, 0.1) is 23.3 Å². The van der Waals surface area contributed by atoms with Crippen molar-refractivity contribution >= 4 is 10.1 Å². The van der Waals surface area contributed by atoms with E-state index in [4.69, 9.17) is 4.18 Å². The van der Waals surface area contributed by atoms with Crippen LogP contribution >= 0.6 is 0 Å². The lowest BCUT2D eigenvalue weighted by Gasteiger charge is -2.06. The van der Waals surface area contributed by atoms with Crippen LogP contribution < -0.4 is 0 Å². The first kappa shape index (κ1) is 12.8. The molecule has 0 fully saturated rings. The predicted octanol–water partition coefficient (Wildman–Crippen LogP) is 1.66. The number of para-hydroxylation sites is 1. The van der Waals surface area contributed by atoms with Crippen molar-refractivity contribution in [2.75, 3.05) is 6.26 Å². The van der Waals surface area contributed by atoms with Crippen LogP contribution in [0.2, 0.25) is 0 Å². The van der Waals surface area contributed by atoms with Crippen molar-refractivity contribution in [2.24, 2.45) is 0 Å². The summed E-state index contributed by atoms with van der Waals surface area (Å²) in [7, 11) is -3.45. The maximum Gasteiger partial charge on any atom is 0.264 e. The molecule has 6 heteroatoms. The summed E-state index contributed by atoms with van der Waals surface area (Å²) >= 11 is 0. The van der Waals surface area contributed by atoms with Gasteiger partial charge in [0.15, 0.2) is 0 Å². The van der Waals surface area contributed by atoms with Gasteiger partial charge in [0.1, 0.15) is 6.61 Å². The molecule has 1 heterocycles. The molecule has 0 aliphatic carbocycles. The zero-order valence-corrected chi connectivity index (χ0v) is 11.0. The van der Waals surface area contributed by atoms with Crippen LogP contribution in [0.5, 0.6) is 0 Å². The molecule has 0 atom stereocenters. The van der Waals surface area contributed by atoms with E-state index < -0.39 is 10.1 Å². The van der Waals surface area contributed by atoms with Crippen molar-refractivity contribution in [1.82, 2.24) is 9.78 Å². The Labute approximate surface area is 106 Å². The van der Waals surface area contributed by atoms with E-state index in [0.717, 1.165) is 17.6 Å². The zero-order chi connectivity index (χ0) is 13.2. The molecule has 18 heavy (non-hydrogen) atoms. The summed E-state index contributed by atoms with van der Waals surface area (Å²) in [6.07, 6.45) is 1.03. The molecular formula is C12H14N2O3S. The van der Waals surface area contributed by atoms with Gasteiger partial charge in [0, 0.05) is 0 Å². The lowest BCUT2D eigenvalue weighted by Crippen LogP contribution is -2.07. The van der Waals surface area contributed by atoms with Crippen LogP contribution in [0.15, 0.2) is 36.4 Å². The second-order valence-electron chi connectivity index (χ2n) is 3.99. The van der Waals surface area contributed by atoms with E-state index in [-0.39, 0.29) is 6.61 Å². The first-order valence-corrected chi connectivity index (χ1v) is 7.23. The molecule has 96 valence electrons. The van der Waals surface area contributed by atoms with Crippen molar-refractivity contribution in [3.05, 3.63) is 47.8 Å². The molecule has 0 bridgehead atoms. The molecule has 2 aromatic rings. The molecule has 0 aliphatic rings. The third kappa shape index (κ3) is 3.18. The highest BCUT2D eigenvalue weighted by molar-refractivity contribution is 7.85. The lowest BCUT2D eigenvalue weighted by atomic mass is 10.3. The third-order valence-corrected chi connectivity index (χ3v) is 2.87. The normalized spacial score (nSPS) is 11.7. The third-order valence-electron chi connectivity index (χ3n) is 2.33. The van der Waals surface area contributed by atoms with E-state index in [1.165, 1.54) is 0 Å². The van der Waals surface area contributed by atoms with Crippen LogP contribution in [0.1, 0.15) is 11.4 Å². The number of benzene rings is 1. The second-order valence-corrected chi connectivity index (χ2v) is 5.63. The first-order chi connectivity index (χ1) is 8.46. The molecule has 5 nitrogen and oxygen atoms in total. The number of aryl methyl sites for hydroxylation is 1. The lowest BCUT2D eigenvalue weighted by molar-refractivity contribution is 0.303. The number of aromatic nitrogens is 2. The molecule has 0 saturated heterocycles. The maximum atomic E-state index is 11.0. The Bertz CT molecular complexity index is 633. The van der Waals surface area contributed by atoms with Crippen molar-refractivity contribution in [1.29, 1.82) is 0 Å². The SMILES string of the molecule is Cc1cc(COS(C)(=O)=O)n(-c2ccccc2)n1. The fourth-order valence-corrected chi connectivity index (χ4v) is 1.95. The maximum absolute atomic E-state index is 11.0. The van der Waals surface area contributed by atoms with E-state index >= 15 is 0 Å². The highest BCUT2D eigenvalue weighted by Crippen LogP contribution is 2.13. The Kier molecular flexibility index (Phi) is 3.49.